The van der Waals surface area contributed by atoms with E-state index >= 15 is 0 Å². The molecule has 0 unspecified atom stereocenters. The molecular weight excluding hydrogens is 182 g/mol. The van der Waals surface area contributed by atoms with Gasteiger partial charge in [-0.25, -0.2) is 0 Å². The fourth-order valence-corrected chi connectivity index (χ4v) is 1.34. The number of aromatic hydroxyl groups is 1. The molecule has 0 aliphatic rings. The minimum absolute atomic E-state index is 0.0666. The fourth-order valence-electron chi connectivity index (χ4n) is 1.34. The van der Waals surface area contributed by atoms with Crippen molar-refractivity contribution < 1.29 is 16.4 Å². The molecule has 1 aromatic carbocycles. The number of aromatic amines is 1. The van der Waals surface area contributed by atoms with Crippen LogP contribution in [-0.2, 0) is 11.2 Å². The second-order valence-electron chi connectivity index (χ2n) is 3.03. The van der Waals surface area contributed by atoms with Crippen LogP contribution >= 0.6 is 0 Å². The summed E-state index contributed by atoms with van der Waals surface area (Å²) in [6.45, 7) is 0. The molecule has 72 valence electrons. The molecule has 0 amide bonds. The number of benzene rings is 1. The number of carbonyl (C=O) groups is 1. The van der Waals surface area contributed by atoms with Gasteiger partial charge in [-0.15, -0.1) is 0 Å². The topological polar surface area (TPSA) is 73.3 Å². The first-order valence-electron chi connectivity index (χ1n) is 4.60. The Morgan fingerprint density at radius 1 is 1.57 bits per heavy atom. The van der Waals surface area contributed by atoms with E-state index in [1.165, 1.54) is 12.1 Å². The summed E-state index contributed by atoms with van der Waals surface area (Å²) < 4.78 is 7.70. The molecule has 0 bridgehead atoms. The molecular formula is C10H9NO3. The van der Waals surface area contributed by atoms with Crippen molar-refractivity contribution in [3.05, 3.63) is 29.9 Å². The number of carboxylic acid groups (broad SMARTS) is 1. The zero-order valence-corrected chi connectivity index (χ0v) is 7.24. The van der Waals surface area contributed by atoms with Crippen molar-refractivity contribution >= 4 is 16.9 Å². The Bertz CT molecular complexity index is 533. The Balaban J connectivity index is 2.59. The first kappa shape index (κ1) is 7.44. The largest absolute Gasteiger partial charge is 0.508 e. The molecule has 0 saturated heterocycles. The number of hydrogen-bond donors (Lipinski definition) is 3. The SMILES string of the molecule is [2H]c1c(CC(=O)O)[nH]c2ccc(O)cc12. The minimum Gasteiger partial charge on any atom is -0.508 e. The molecule has 0 aliphatic carbocycles. The molecule has 0 aliphatic heterocycles. The molecule has 4 heteroatoms. The van der Waals surface area contributed by atoms with E-state index in [0.29, 0.717) is 16.6 Å². The van der Waals surface area contributed by atoms with E-state index < -0.39 is 5.97 Å². The third-order valence-corrected chi connectivity index (χ3v) is 1.90. The quantitative estimate of drug-likeness (QED) is 0.675. The number of fused-ring (bicyclic) bond motifs is 1. The lowest BCUT2D eigenvalue weighted by Gasteiger charge is -1.90. The summed E-state index contributed by atoms with van der Waals surface area (Å²) in [5.74, 6) is -0.920. The van der Waals surface area contributed by atoms with Crippen LogP contribution in [0.1, 0.15) is 7.06 Å². The van der Waals surface area contributed by atoms with Gasteiger partial charge in [-0.3, -0.25) is 4.79 Å². The summed E-state index contributed by atoms with van der Waals surface area (Å²) >= 11 is 0. The van der Waals surface area contributed by atoms with Crippen LogP contribution in [0.3, 0.4) is 0 Å². The van der Waals surface area contributed by atoms with Gasteiger partial charge in [0.1, 0.15) is 5.75 Å². The smallest absolute Gasteiger partial charge is 0.309 e. The van der Waals surface area contributed by atoms with Crippen molar-refractivity contribution in [2.24, 2.45) is 0 Å². The van der Waals surface area contributed by atoms with E-state index in [4.69, 9.17) is 6.48 Å². The summed E-state index contributed by atoms with van der Waals surface area (Å²) in [6, 6.07) is 4.68. The molecule has 2 aromatic rings. The van der Waals surface area contributed by atoms with Gasteiger partial charge >= 0.3 is 5.97 Å². The molecule has 14 heavy (non-hydrogen) atoms. The molecule has 3 N–H and O–H groups in total. The Morgan fingerprint density at radius 3 is 3.07 bits per heavy atom. The number of phenols is 1. The van der Waals surface area contributed by atoms with E-state index in [1.807, 2.05) is 0 Å². The number of hydrogen-bond acceptors (Lipinski definition) is 2. The zero-order valence-electron chi connectivity index (χ0n) is 8.24. The van der Waals surface area contributed by atoms with Gasteiger partial charge in [-0.05, 0) is 24.2 Å². The molecule has 2 rings (SSSR count). The zero-order chi connectivity index (χ0) is 11.0. The maximum Gasteiger partial charge on any atom is 0.309 e. The van der Waals surface area contributed by atoms with Gasteiger partial charge in [-0.2, -0.15) is 0 Å². The van der Waals surface area contributed by atoms with Crippen molar-refractivity contribution in [3.63, 3.8) is 0 Å². The summed E-state index contributed by atoms with van der Waals surface area (Å²) in [7, 11) is 0. The number of H-pyrrole nitrogens is 1. The fraction of sp³-hybridized carbons (Fsp3) is 0.100. The van der Waals surface area contributed by atoms with Gasteiger partial charge in [0.25, 0.3) is 0 Å². The van der Waals surface area contributed by atoms with Gasteiger partial charge in [0, 0.05) is 16.6 Å². The van der Waals surface area contributed by atoms with Crippen LogP contribution in [-0.4, -0.2) is 21.2 Å². The van der Waals surface area contributed by atoms with Crippen LogP contribution in [0.15, 0.2) is 24.2 Å². The van der Waals surface area contributed by atoms with Gasteiger partial charge in [-0.1, -0.05) is 0 Å². The third-order valence-electron chi connectivity index (χ3n) is 1.90. The third kappa shape index (κ3) is 1.54. The molecule has 0 atom stereocenters. The Morgan fingerprint density at radius 2 is 2.36 bits per heavy atom. The van der Waals surface area contributed by atoms with Crippen LogP contribution in [0.2, 0.25) is 0 Å². The minimum atomic E-state index is -0.987. The molecule has 0 radical (unpaired) electrons. The highest BCUT2D eigenvalue weighted by molar-refractivity contribution is 5.83. The van der Waals surface area contributed by atoms with Crippen molar-refractivity contribution in [2.75, 3.05) is 0 Å². The molecule has 4 nitrogen and oxygen atoms in total. The predicted octanol–water partition coefficient (Wildman–Crippen LogP) is 1.50. The molecule has 1 heterocycles. The normalized spacial score (nSPS) is 11.6. The second kappa shape index (κ2) is 3.06. The van der Waals surface area contributed by atoms with Crippen LogP contribution in [0.25, 0.3) is 10.9 Å². The number of carboxylic acids is 1. The Labute approximate surface area is 81.2 Å². The average Bonchev–Trinajstić information content (AvgIpc) is 2.44. The molecule has 0 saturated carbocycles. The van der Waals surface area contributed by atoms with Crippen LogP contribution < -0.4 is 0 Å². The summed E-state index contributed by atoms with van der Waals surface area (Å²) in [4.78, 5) is 13.4. The monoisotopic (exact) mass is 192 g/mol. The highest BCUT2D eigenvalue weighted by atomic mass is 16.4. The van der Waals surface area contributed by atoms with Crippen LogP contribution in [0.5, 0.6) is 5.75 Å². The Kier molecular flexibility index (Phi) is 1.63. The van der Waals surface area contributed by atoms with Crippen molar-refractivity contribution in [1.29, 1.82) is 0 Å². The van der Waals surface area contributed by atoms with Gasteiger partial charge in [0.05, 0.1) is 7.79 Å². The summed E-state index contributed by atoms with van der Waals surface area (Å²) in [5.41, 5.74) is 1.01. The van der Waals surface area contributed by atoms with Gasteiger partial charge in [0.15, 0.2) is 0 Å². The molecule has 0 spiro atoms. The predicted molar refractivity (Wildman–Crippen MR) is 51.3 cm³/mol. The lowest BCUT2D eigenvalue weighted by molar-refractivity contribution is -0.136. The van der Waals surface area contributed by atoms with Gasteiger partial charge < -0.3 is 15.2 Å². The number of phenolic OH excluding ortho intramolecular Hbond substituents is 1. The standard InChI is InChI=1S/C10H9NO3/c12-8-1-2-9-6(4-8)3-7(11-9)5-10(13)14/h1-4,11-12H,5H2,(H,13,14)/i3D. The average molecular weight is 192 g/mol. The lowest BCUT2D eigenvalue weighted by Crippen LogP contribution is -1.99. The highest BCUT2D eigenvalue weighted by Gasteiger charge is 2.04. The molecule has 0 fully saturated rings. The first-order valence-corrected chi connectivity index (χ1v) is 4.10. The van der Waals surface area contributed by atoms with E-state index in [2.05, 4.69) is 4.98 Å². The van der Waals surface area contributed by atoms with Crippen LogP contribution in [0.4, 0.5) is 0 Å². The highest BCUT2D eigenvalue weighted by Crippen LogP contribution is 2.20. The Hall–Kier alpha value is -1.97. The van der Waals surface area contributed by atoms with E-state index in [9.17, 15) is 9.90 Å². The lowest BCUT2D eigenvalue weighted by atomic mass is 10.2. The van der Waals surface area contributed by atoms with E-state index in [0.717, 1.165) is 0 Å². The summed E-state index contributed by atoms with van der Waals surface area (Å²) in [5, 5.41) is 18.4. The number of aliphatic carboxylic acids is 1. The number of aromatic nitrogens is 1. The second-order valence-corrected chi connectivity index (χ2v) is 3.03. The first-order chi connectivity index (χ1) is 7.08. The van der Waals surface area contributed by atoms with Gasteiger partial charge in [0.2, 0.25) is 0 Å². The molecule has 1 aromatic heterocycles. The van der Waals surface area contributed by atoms with Crippen molar-refractivity contribution in [1.82, 2.24) is 4.98 Å². The number of rotatable bonds is 2. The maximum absolute atomic E-state index is 10.5. The van der Waals surface area contributed by atoms with Crippen LogP contribution in [0, 0.1) is 0 Å². The summed E-state index contributed by atoms with van der Waals surface area (Å²) in [6.07, 6.45) is -0.214. The van der Waals surface area contributed by atoms with Crippen molar-refractivity contribution in [3.8, 4) is 5.75 Å². The van der Waals surface area contributed by atoms with E-state index in [-0.39, 0.29) is 18.2 Å². The van der Waals surface area contributed by atoms with Crippen molar-refractivity contribution in [2.45, 2.75) is 6.42 Å². The number of nitrogens with one attached hydrogen (secondary N) is 1. The van der Waals surface area contributed by atoms with E-state index in [1.54, 1.807) is 6.07 Å². The maximum atomic E-state index is 10.5.